The highest BCUT2D eigenvalue weighted by molar-refractivity contribution is 9.38. The molecule has 0 atom stereocenters. The molecule has 2 aromatic rings. The van der Waals surface area contributed by atoms with Crippen LogP contribution in [0, 0.1) is 0 Å². The summed E-state index contributed by atoms with van der Waals surface area (Å²) in [5, 5.41) is 8.03. The fourth-order valence-corrected chi connectivity index (χ4v) is 1.87. The molecule has 0 aliphatic carbocycles. The fraction of sp³-hybridized carbons (Fsp3) is 0.0909. The maximum Gasteiger partial charge on any atom is 0.178 e. The van der Waals surface area contributed by atoms with E-state index in [1.807, 2.05) is 36.4 Å². The van der Waals surface area contributed by atoms with Gasteiger partial charge >= 0.3 is 0 Å². The third kappa shape index (κ3) is 2.90. The summed E-state index contributed by atoms with van der Waals surface area (Å²) < 4.78 is -0.523. The molecule has 1 aromatic heterocycles. The van der Waals surface area contributed by atoms with Crippen LogP contribution in [0.2, 0.25) is 0 Å². The quantitative estimate of drug-likeness (QED) is 0.654. The van der Waals surface area contributed by atoms with E-state index in [4.69, 9.17) is 0 Å². The van der Waals surface area contributed by atoms with Gasteiger partial charge in [-0.05, 0) is 11.6 Å². The molecule has 2 nitrogen and oxygen atoms in total. The Bertz CT molecular complexity index is 480. The van der Waals surface area contributed by atoms with Crippen LogP contribution in [-0.2, 0) is 2.14 Å². The smallest absolute Gasteiger partial charge is 0.158 e. The molecule has 1 aromatic carbocycles. The van der Waals surface area contributed by atoms with E-state index in [0.717, 1.165) is 16.8 Å². The van der Waals surface area contributed by atoms with Crippen molar-refractivity contribution >= 4 is 47.8 Å². The molecule has 1 heterocycles. The van der Waals surface area contributed by atoms with E-state index in [2.05, 4.69) is 58.0 Å². The molecular weight excluding hydrogens is 400 g/mol. The Morgan fingerprint density at radius 3 is 2.25 bits per heavy atom. The van der Waals surface area contributed by atoms with Gasteiger partial charge in [-0.1, -0.05) is 78.1 Å². The van der Waals surface area contributed by atoms with Gasteiger partial charge in [0.25, 0.3) is 0 Å². The van der Waals surface area contributed by atoms with Gasteiger partial charge in [-0.15, -0.1) is 0 Å². The highest BCUT2D eigenvalue weighted by Crippen LogP contribution is 2.43. The number of halogens is 3. The lowest BCUT2D eigenvalue weighted by Crippen LogP contribution is -2.03. The average molecular weight is 407 g/mol. The molecular formula is C11H7Br3N2. The second kappa shape index (κ2) is 4.94. The lowest BCUT2D eigenvalue weighted by Gasteiger charge is -2.11. The van der Waals surface area contributed by atoms with Crippen LogP contribution in [0.4, 0.5) is 0 Å². The lowest BCUT2D eigenvalue weighted by atomic mass is 10.1. The van der Waals surface area contributed by atoms with Crippen LogP contribution in [0.3, 0.4) is 0 Å². The first-order chi connectivity index (χ1) is 7.57. The molecule has 0 N–H and O–H groups in total. The summed E-state index contributed by atoms with van der Waals surface area (Å²) in [5.74, 6) is 0. The van der Waals surface area contributed by atoms with Crippen molar-refractivity contribution in [3.63, 3.8) is 0 Å². The summed E-state index contributed by atoms with van der Waals surface area (Å²) in [5.41, 5.74) is 2.93. The van der Waals surface area contributed by atoms with E-state index in [1.165, 1.54) is 0 Å². The number of hydrogen-bond donors (Lipinski definition) is 0. The zero-order chi connectivity index (χ0) is 11.6. The molecule has 0 aliphatic rings. The summed E-state index contributed by atoms with van der Waals surface area (Å²) in [6, 6.07) is 12.0. The van der Waals surface area contributed by atoms with Gasteiger partial charge in [0, 0.05) is 5.56 Å². The molecule has 0 amide bonds. The van der Waals surface area contributed by atoms with Crippen LogP contribution < -0.4 is 0 Å². The van der Waals surface area contributed by atoms with E-state index < -0.39 is 2.14 Å². The average Bonchev–Trinajstić information content (AvgIpc) is 2.29. The number of rotatable bonds is 1. The van der Waals surface area contributed by atoms with Gasteiger partial charge < -0.3 is 0 Å². The fourth-order valence-electron chi connectivity index (χ4n) is 1.29. The zero-order valence-corrected chi connectivity index (χ0v) is 12.8. The molecule has 16 heavy (non-hydrogen) atoms. The van der Waals surface area contributed by atoms with Gasteiger partial charge in [0.1, 0.15) is 5.69 Å². The maximum absolute atomic E-state index is 4.05. The Labute approximate surface area is 119 Å². The first kappa shape index (κ1) is 12.2. The van der Waals surface area contributed by atoms with Crippen molar-refractivity contribution in [1.29, 1.82) is 0 Å². The molecule has 0 radical (unpaired) electrons. The van der Waals surface area contributed by atoms with E-state index >= 15 is 0 Å². The molecule has 0 spiro atoms. The second-order valence-electron chi connectivity index (χ2n) is 3.19. The second-order valence-corrected chi connectivity index (χ2v) is 9.95. The van der Waals surface area contributed by atoms with Crippen LogP contribution in [-0.4, -0.2) is 10.2 Å². The SMILES string of the molecule is BrC(Br)(Br)c1cc(-c2ccccc2)cnn1. The van der Waals surface area contributed by atoms with Crippen molar-refractivity contribution in [1.82, 2.24) is 10.2 Å². The van der Waals surface area contributed by atoms with E-state index in [0.29, 0.717) is 0 Å². The Hall–Kier alpha value is -0.260. The van der Waals surface area contributed by atoms with Crippen molar-refractivity contribution in [3.8, 4) is 11.1 Å². The zero-order valence-electron chi connectivity index (χ0n) is 8.07. The first-order valence-electron chi connectivity index (χ1n) is 4.53. The van der Waals surface area contributed by atoms with Crippen LogP contribution in [0.1, 0.15) is 5.69 Å². The summed E-state index contributed by atoms with van der Waals surface area (Å²) in [6.07, 6.45) is 1.75. The third-order valence-electron chi connectivity index (χ3n) is 2.05. The van der Waals surface area contributed by atoms with Crippen LogP contribution in [0.5, 0.6) is 0 Å². The van der Waals surface area contributed by atoms with Gasteiger partial charge in [-0.25, -0.2) is 0 Å². The molecule has 0 aliphatic heterocycles. The minimum absolute atomic E-state index is 0.523. The molecule has 0 saturated carbocycles. The summed E-state index contributed by atoms with van der Waals surface area (Å²) in [6.45, 7) is 0. The van der Waals surface area contributed by atoms with Gasteiger partial charge in [-0.3, -0.25) is 0 Å². The number of hydrogen-bond acceptors (Lipinski definition) is 2. The number of nitrogens with zero attached hydrogens (tertiary/aromatic N) is 2. The van der Waals surface area contributed by atoms with Crippen molar-refractivity contribution < 1.29 is 0 Å². The topological polar surface area (TPSA) is 25.8 Å². The molecule has 0 saturated heterocycles. The normalized spacial score (nSPS) is 11.4. The molecule has 5 heteroatoms. The highest BCUT2D eigenvalue weighted by Gasteiger charge is 2.23. The van der Waals surface area contributed by atoms with Crippen LogP contribution in [0.25, 0.3) is 11.1 Å². The largest absolute Gasteiger partial charge is 0.178 e. The minimum atomic E-state index is -0.523. The van der Waals surface area contributed by atoms with Gasteiger partial charge in [0.15, 0.2) is 2.14 Å². The predicted octanol–water partition coefficient (Wildman–Crippen LogP) is 4.44. The number of aromatic nitrogens is 2. The van der Waals surface area contributed by atoms with Crippen LogP contribution >= 0.6 is 47.8 Å². The van der Waals surface area contributed by atoms with Crippen molar-refractivity contribution in [3.05, 3.63) is 48.3 Å². The third-order valence-corrected chi connectivity index (χ3v) is 3.27. The summed E-state index contributed by atoms with van der Waals surface area (Å²) in [7, 11) is 0. The van der Waals surface area contributed by atoms with Gasteiger partial charge in [0.2, 0.25) is 0 Å². The molecule has 0 fully saturated rings. The van der Waals surface area contributed by atoms with Crippen molar-refractivity contribution in [2.24, 2.45) is 0 Å². The highest BCUT2D eigenvalue weighted by atomic mass is 80.0. The Balaban J connectivity index is 2.45. The summed E-state index contributed by atoms with van der Waals surface area (Å²) >= 11 is 10.3. The number of alkyl halides is 3. The van der Waals surface area contributed by atoms with E-state index in [9.17, 15) is 0 Å². The first-order valence-corrected chi connectivity index (χ1v) is 6.90. The Kier molecular flexibility index (Phi) is 3.77. The molecule has 2 rings (SSSR count). The van der Waals surface area contributed by atoms with Gasteiger partial charge in [-0.2, -0.15) is 10.2 Å². The van der Waals surface area contributed by atoms with Crippen molar-refractivity contribution in [2.75, 3.05) is 0 Å². The lowest BCUT2D eigenvalue weighted by molar-refractivity contribution is 0.964. The van der Waals surface area contributed by atoms with E-state index in [1.54, 1.807) is 6.20 Å². The standard InChI is InChI=1S/C11H7Br3N2/c12-11(13,14)10-6-9(7-15-16-10)8-4-2-1-3-5-8/h1-7H. The molecule has 0 bridgehead atoms. The van der Waals surface area contributed by atoms with Crippen molar-refractivity contribution in [2.45, 2.75) is 2.14 Å². The van der Waals surface area contributed by atoms with E-state index in [-0.39, 0.29) is 0 Å². The monoisotopic (exact) mass is 404 g/mol. The number of benzene rings is 1. The minimum Gasteiger partial charge on any atom is -0.158 e. The Morgan fingerprint density at radius 2 is 1.62 bits per heavy atom. The van der Waals surface area contributed by atoms with Gasteiger partial charge in [0.05, 0.1) is 6.20 Å². The van der Waals surface area contributed by atoms with Crippen LogP contribution in [0.15, 0.2) is 42.6 Å². The molecule has 82 valence electrons. The summed E-state index contributed by atoms with van der Waals surface area (Å²) in [4.78, 5) is 0. The molecule has 0 unspecified atom stereocenters. The predicted molar refractivity (Wildman–Crippen MR) is 75.9 cm³/mol. The maximum atomic E-state index is 4.05. The Morgan fingerprint density at radius 1 is 0.938 bits per heavy atom.